The van der Waals surface area contributed by atoms with Crippen molar-refractivity contribution in [3.05, 3.63) is 54.1 Å². The molecule has 0 amide bonds. The molecule has 6 heteroatoms. The number of nitrogens with zero attached hydrogens (tertiary/aromatic N) is 1. The van der Waals surface area contributed by atoms with Gasteiger partial charge in [0.15, 0.2) is 5.66 Å². The summed E-state index contributed by atoms with van der Waals surface area (Å²) in [5, 5.41) is 9.43. The highest BCUT2D eigenvalue weighted by Crippen LogP contribution is 2.36. The van der Waals surface area contributed by atoms with E-state index in [1.54, 1.807) is 16.7 Å². The first-order valence-corrected chi connectivity index (χ1v) is 10.8. The summed E-state index contributed by atoms with van der Waals surface area (Å²) in [6.07, 6.45) is 1.26. The maximum atomic E-state index is 11.5. The number of rotatable bonds is 7. The van der Waals surface area contributed by atoms with Gasteiger partial charge in [-0.3, -0.25) is 4.90 Å². The largest absolute Gasteiger partial charge is 0.491 e. The molecule has 2 aromatic rings. The Balaban J connectivity index is 1.63. The summed E-state index contributed by atoms with van der Waals surface area (Å²) in [6, 6.07) is 16.6. The number of nitrogens with two attached hydrogens (primary N) is 1. The molecule has 0 spiro atoms. The monoisotopic (exact) mass is 414 g/mol. The Morgan fingerprint density at radius 3 is 2.55 bits per heavy atom. The standard InChI is InChI=1S/C23H30N2O3S/c1-22(2,3)17-9-11-18(12-10-17)29-20-8-5-4-7-19(20)28-16-15-25-14-6-13-23(25,24)21(26)27/h4-5,7-12H,6,13-16,24H2,1-3H3,(H,26,27)/t23-/m0/s1. The molecule has 5 nitrogen and oxygen atoms in total. The SMILES string of the molecule is CC(C)(C)c1ccc(Sc2ccccc2OCCN2CCC[C@@]2(N)C(=O)O)cc1. The smallest absolute Gasteiger partial charge is 0.338 e. The molecule has 0 radical (unpaired) electrons. The van der Waals surface area contributed by atoms with Crippen LogP contribution in [0.3, 0.4) is 0 Å². The van der Waals surface area contributed by atoms with Crippen LogP contribution in [0.4, 0.5) is 0 Å². The van der Waals surface area contributed by atoms with Crippen molar-refractivity contribution in [1.82, 2.24) is 4.90 Å². The molecule has 3 rings (SSSR count). The van der Waals surface area contributed by atoms with Crippen LogP contribution < -0.4 is 10.5 Å². The Labute approximate surface area is 177 Å². The van der Waals surface area contributed by atoms with E-state index in [4.69, 9.17) is 10.5 Å². The highest BCUT2D eigenvalue weighted by molar-refractivity contribution is 7.99. The minimum Gasteiger partial charge on any atom is -0.491 e. The van der Waals surface area contributed by atoms with E-state index in [-0.39, 0.29) is 5.41 Å². The zero-order valence-corrected chi connectivity index (χ0v) is 18.2. The Hall–Kier alpha value is -2.02. The molecule has 3 N–H and O–H groups in total. The second kappa shape index (κ2) is 8.78. The molecule has 0 aliphatic carbocycles. The van der Waals surface area contributed by atoms with E-state index in [0.29, 0.717) is 26.1 Å². The van der Waals surface area contributed by atoms with Crippen LogP contribution in [0, 0.1) is 0 Å². The summed E-state index contributed by atoms with van der Waals surface area (Å²) in [5.74, 6) is -0.167. The van der Waals surface area contributed by atoms with Gasteiger partial charge in [0.05, 0.1) is 4.90 Å². The van der Waals surface area contributed by atoms with Gasteiger partial charge in [0.1, 0.15) is 12.4 Å². The number of hydrogen-bond donors (Lipinski definition) is 2. The first kappa shape index (κ1) is 21.7. The van der Waals surface area contributed by atoms with E-state index in [0.717, 1.165) is 22.0 Å². The number of likely N-dealkylation sites (tertiary alicyclic amines) is 1. The molecule has 1 fully saturated rings. The van der Waals surface area contributed by atoms with Crippen molar-refractivity contribution in [2.75, 3.05) is 19.7 Å². The summed E-state index contributed by atoms with van der Waals surface area (Å²) < 4.78 is 6.01. The lowest BCUT2D eigenvalue weighted by Gasteiger charge is -2.30. The Kier molecular flexibility index (Phi) is 6.56. The molecule has 1 aliphatic heterocycles. The van der Waals surface area contributed by atoms with E-state index in [9.17, 15) is 9.90 Å². The Bertz CT molecular complexity index is 848. The highest BCUT2D eigenvalue weighted by atomic mass is 32.2. The maximum Gasteiger partial charge on any atom is 0.338 e. The van der Waals surface area contributed by atoms with Crippen LogP contribution in [0.2, 0.25) is 0 Å². The van der Waals surface area contributed by atoms with Crippen LogP contribution in [0.15, 0.2) is 58.3 Å². The predicted octanol–water partition coefficient (Wildman–Crippen LogP) is 4.35. The van der Waals surface area contributed by atoms with Crippen LogP contribution in [-0.2, 0) is 10.2 Å². The predicted molar refractivity (Wildman–Crippen MR) is 117 cm³/mol. The van der Waals surface area contributed by atoms with Crippen LogP contribution in [0.25, 0.3) is 0 Å². The fraction of sp³-hybridized carbons (Fsp3) is 0.435. The van der Waals surface area contributed by atoms with E-state index in [1.165, 1.54) is 5.56 Å². The summed E-state index contributed by atoms with van der Waals surface area (Å²) in [5.41, 5.74) is 6.23. The normalized spacial score (nSPS) is 20.0. The van der Waals surface area contributed by atoms with E-state index in [1.807, 2.05) is 24.3 Å². The first-order chi connectivity index (χ1) is 13.7. The number of carbonyl (C=O) groups is 1. The van der Waals surface area contributed by atoms with E-state index >= 15 is 0 Å². The van der Waals surface area contributed by atoms with E-state index in [2.05, 4.69) is 45.0 Å². The number of aliphatic carboxylic acids is 1. The molecule has 2 aromatic carbocycles. The van der Waals surface area contributed by atoms with Crippen molar-refractivity contribution >= 4 is 17.7 Å². The molecular formula is C23H30N2O3S. The summed E-state index contributed by atoms with van der Waals surface area (Å²) >= 11 is 1.66. The minimum absolute atomic E-state index is 0.133. The highest BCUT2D eigenvalue weighted by Gasteiger charge is 2.43. The van der Waals surface area contributed by atoms with Crippen molar-refractivity contribution in [2.24, 2.45) is 5.73 Å². The Morgan fingerprint density at radius 2 is 1.90 bits per heavy atom. The molecule has 156 valence electrons. The second-order valence-corrected chi connectivity index (χ2v) is 9.61. The number of ether oxygens (including phenoxy) is 1. The van der Waals surface area contributed by atoms with Gasteiger partial charge < -0.3 is 15.6 Å². The second-order valence-electron chi connectivity index (χ2n) is 8.49. The molecule has 0 aromatic heterocycles. The topological polar surface area (TPSA) is 75.8 Å². The molecule has 0 bridgehead atoms. The fourth-order valence-electron chi connectivity index (χ4n) is 3.52. The van der Waals surface area contributed by atoms with Crippen LogP contribution in [0.1, 0.15) is 39.2 Å². The Morgan fingerprint density at radius 1 is 1.21 bits per heavy atom. The number of carboxylic acid groups (broad SMARTS) is 1. The van der Waals surface area contributed by atoms with Crippen molar-refractivity contribution in [3.8, 4) is 5.75 Å². The summed E-state index contributed by atoms with van der Waals surface area (Å²) in [4.78, 5) is 15.5. The van der Waals surface area contributed by atoms with Gasteiger partial charge in [0.2, 0.25) is 0 Å². The zero-order chi connectivity index (χ0) is 21.1. The number of para-hydroxylation sites is 1. The molecule has 29 heavy (non-hydrogen) atoms. The van der Waals surface area contributed by atoms with Gasteiger partial charge in [-0.1, -0.05) is 56.8 Å². The molecule has 0 saturated carbocycles. The lowest BCUT2D eigenvalue weighted by atomic mass is 9.87. The first-order valence-electron chi connectivity index (χ1n) is 9.98. The molecule has 1 atom stereocenters. The molecule has 1 heterocycles. The van der Waals surface area contributed by atoms with Gasteiger partial charge in [-0.25, -0.2) is 4.79 Å². The summed E-state index contributed by atoms with van der Waals surface area (Å²) in [7, 11) is 0. The minimum atomic E-state index is -1.27. The average Bonchev–Trinajstić information content (AvgIpc) is 3.05. The molecule has 0 unspecified atom stereocenters. The van der Waals surface area contributed by atoms with Gasteiger partial charge in [0, 0.05) is 18.0 Å². The van der Waals surface area contributed by atoms with Crippen molar-refractivity contribution in [2.45, 2.75) is 54.5 Å². The molecular weight excluding hydrogens is 384 g/mol. The maximum absolute atomic E-state index is 11.5. The third kappa shape index (κ3) is 5.13. The van der Waals surface area contributed by atoms with Crippen LogP contribution in [0.5, 0.6) is 5.75 Å². The zero-order valence-electron chi connectivity index (χ0n) is 17.4. The molecule has 1 saturated heterocycles. The van der Waals surface area contributed by atoms with Crippen molar-refractivity contribution < 1.29 is 14.6 Å². The molecule has 1 aliphatic rings. The van der Waals surface area contributed by atoms with Crippen LogP contribution in [-0.4, -0.2) is 41.3 Å². The third-order valence-corrected chi connectivity index (χ3v) is 6.40. The number of benzene rings is 2. The number of hydrogen-bond acceptors (Lipinski definition) is 5. The third-order valence-electron chi connectivity index (χ3n) is 5.34. The quantitative estimate of drug-likeness (QED) is 0.702. The lowest BCUT2D eigenvalue weighted by molar-refractivity contribution is -0.149. The summed E-state index contributed by atoms with van der Waals surface area (Å²) in [6.45, 7) is 8.19. The average molecular weight is 415 g/mol. The van der Waals surface area contributed by atoms with Gasteiger partial charge in [0.25, 0.3) is 0 Å². The van der Waals surface area contributed by atoms with Crippen LogP contribution >= 0.6 is 11.8 Å². The lowest BCUT2D eigenvalue weighted by Crippen LogP contribution is -2.58. The van der Waals surface area contributed by atoms with Gasteiger partial charge >= 0.3 is 5.97 Å². The van der Waals surface area contributed by atoms with Gasteiger partial charge in [-0.15, -0.1) is 0 Å². The van der Waals surface area contributed by atoms with E-state index < -0.39 is 11.6 Å². The van der Waals surface area contributed by atoms with Gasteiger partial charge in [-0.05, 0) is 48.1 Å². The fourth-order valence-corrected chi connectivity index (χ4v) is 4.42. The van der Waals surface area contributed by atoms with Crippen molar-refractivity contribution in [1.29, 1.82) is 0 Å². The number of carboxylic acids is 1. The van der Waals surface area contributed by atoms with Gasteiger partial charge in [-0.2, -0.15) is 0 Å². The van der Waals surface area contributed by atoms with Crippen molar-refractivity contribution in [3.63, 3.8) is 0 Å².